The quantitative estimate of drug-likeness (QED) is 0.556. The summed E-state index contributed by atoms with van der Waals surface area (Å²) in [5, 5.41) is 2.91. The summed E-state index contributed by atoms with van der Waals surface area (Å²) >= 11 is 0. The SMILES string of the molecule is Cc1cc(C)c([C@H](C)NC(=O)CN(c2ccccc2)S(=O)(=O)c2ccc(F)cc2)cc1C. The second kappa shape index (κ2) is 9.53. The van der Waals surface area contributed by atoms with Crippen LogP contribution in [-0.4, -0.2) is 20.9 Å². The number of hydrogen-bond donors (Lipinski definition) is 1. The van der Waals surface area contributed by atoms with E-state index in [2.05, 4.69) is 11.4 Å². The van der Waals surface area contributed by atoms with E-state index in [0.29, 0.717) is 5.69 Å². The number of halogens is 1. The van der Waals surface area contributed by atoms with Crippen LogP contribution >= 0.6 is 0 Å². The van der Waals surface area contributed by atoms with Crippen LogP contribution in [0.25, 0.3) is 0 Å². The van der Waals surface area contributed by atoms with E-state index in [1.54, 1.807) is 30.3 Å². The molecule has 0 radical (unpaired) electrons. The number of sulfonamides is 1. The molecular weight excluding hydrogens is 427 g/mol. The number of benzene rings is 3. The molecule has 0 bridgehead atoms. The molecule has 0 aliphatic rings. The Hall–Kier alpha value is -3.19. The average Bonchev–Trinajstić information content (AvgIpc) is 2.75. The average molecular weight is 455 g/mol. The first-order valence-electron chi connectivity index (χ1n) is 10.3. The summed E-state index contributed by atoms with van der Waals surface area (Å²) in [6, 6.07) is 16.8. The number of aryl methyl sites for hydroxylation is 3. The van der Waals surface area contributed by atoms with E-state index in [1.807, 2.05) is 33.8 Å². The molecule has 0 fully saturated rings. The van der Waals surface area contributed by atoms with E-state index in [-0.39, 0.29) is 10.9 Å². The normalized spacial score (nSPS) is 12.3. The van der Waals surface area contributed by atoms with Gasteiger partial charge in [-0.05, 0) is 86.3 Å². The molecule has 1 N–H and O–H groups in total. The zero-order chi connectivity index (χ0) is 23.5. The van der Waals surface area contributed by atoms with Crippen LogP contribution in [-0.2, 0) is 14.8 Å². The fourth-order valence-corrected chi connectivity index (χ4v) is 5.01. The molecule has 32 heavy (non-hydrogen) atoms. The third-order valence-electron chi connectivity index (χ3n) is 5.46. The summed E-state index contributed by atoms with van der Waals surface area (Å²) in [5.41, 5.74) is 4.68. The predicted molar refractivity (Wildman–Crippen MR) is 125 cm³/mol. The van der Waals surface area contributed by atoms with Gasteiger partial charge in [0.2, 0.25) is 5.91 Å². The van der Waals surface area contributed by atoms with Crippen molar-refractivity contribution in [3.63, 3.8) is 0 Å². The van der Waals surface area contributed by atoms with Crippen molar-refractivity contribution in [1.29, 1.82) is 0 Å². The molecule has 5 nitrogen and oxygen atoms in total. The third-order valence-corrected chi connectivity index (χ3v) is 7.25. The van der Waals surface area contributed by atoms with Crippen molar-refractivity contribution in [2.45, 2.75) is 38.6 Å². The molecule has 1 atom stereocenters. The van der Waals surface area contributed by atoms with Crippen molar-refractivity contribution in [1.82, 2.24) is 5.32 Å². The first-order valence-corrected chi connectivity index (χ1v) is 11.7. The van der Waals surface area contributed by atoms with E-state index >= 15 is 0 Å². The van der Waals surface area contributed by atoms with Gasteiger partial charge in [0, 0.05) is 0 Å². The van der Waals surface area contributed by atoms with E-state index in [1.165, 1.54) is 17.7 Å². The summed E-state index contributed by atoms with van der Waals surface area (Å²) in [6.07, 6.45) is 0. The highest BCUT2D eigenvalue weighted by Crippen LogP contribution is 2.25. The van der Waals surface area contributed by atoms with E-state index in [0.717, 1.165) is 33.1 Å². The van der Waals surface area contributed by atoms with Gasteiger partial charge in [-0.1, -0.05) is 30.3 Å². The molecule has 0 aromatic heterocycles. The lowest BCUT2D eigenvalue weighted by Crippen LogP contribution is -2.41. The van der Waals surface area contributed by atoms with Crippen molar-refractivity contribution < 1.29 is 17.6 Å². The summed E-state index contributed by atoms with van der Waals surface area (Å²) in [7, 11) is -4.08. The minimum Gasteiger partial charge on any atom is -0.348 e. The minimum atomic E-state index is -4.08. The van der Waals surface area contributed by atoms with Crippen LogP contribution in [0.4, 0.5) is 10.1 Å². The second-order valence-corrected chi connectivity index (χ2v) is 9.75. The summed E-state index contributed by atoms with van der Waals surface area (Å²) in [6.45, 7) is 7.50. The first kappa shape index (κ1) is 23.5. The summed E-state index contributed by atoms with van der Waals surface area (Å²) in [5.74, 6) is -0.977. The number of para-hydroxylation sites is 1. The number of nitrogens with one attached hydrogen (secondary N) is 1. The molecule has 7 heteroatoms. The first-order chi connectivity index (χ1) is 15.1. The van der Waals surface area contributed by atoms with Gasteiger partial charge in [0.1, 0.15) is 12.4 Å². The molecule has 0 saturated carbocycles. The third kappa shape index (κ3) is 5.16. The standard InChI is InChI=1S/C25H27FN2O3S/c1-17-14-19(3)24(15-18(17)2)20(4)27-25(29)16-28(22-8-6-5-7-9-22)32(30,31)23-12-10-21(26)11-13-23/h5-15,20H,16H2,1-4H3,(H,27,29)/t20-/m0/s1. The molecular formula is C25H27FN2O3S. The fourth-order valence-electron chi connectivity index (χ4n) is 3.59. The maximum atomic E-state index is 13.3. The number of hydrogen-bond acceptors (Lipinski definition) is 3. The smallest absolute Gasteiger partial charge is 0.264 e. The molecule has 168 valence electrons. The zero-order valence-corrected chi connectivity index (χ0v) is 19.4. The molecule has 0 saturated heterocycles. The maximum absolute atomic E-state index is 13.3. The van der Waals surface area contributed by atoms with E-state index in [4.69, 9.17) is 0 Å². The van der Waals surface area contributed by atoms with Crippen molar-refractivity contribution in [3.05, 3.63) is 94.8 Å². The highest BCUT2D eigenvalue weighted by atomic mass is 32.2. The van der Waals surface area contributed by atoms with Gasteiger partial charge in [-0.3, -0.25) is 9.10 Å². The van der Waals surface area contributed by atoms with Gasteiger partial charge in [-0.15, -0.1) is 0 Å². The van der Waals surface area contributed by atoms with Crippen molar-refractivity contribution >= 4 is 21.6 Å². The minimum absolute atomic E-state index is 0.0893. The van der Waals surface area contributed by atoms with Crippen molar-refractivity contribution in [2.75, 3.05) is 10.8 Å². The predicted octanol–water partition coefficient (Wildman–Crippen LogP) is 4.82. The van der Waals surface area contributed by atoms with Crippen LogP contribution in [0.2, 0.25) is 0 Å². The van der Waals surface area contributed by atoms with Crippen LogP contribution < -0.4 is 9.62 Å². The molecule has 3 aromatic rings. The van der Waals surface area contributed by atoms with Gasteiger partial charge in [0.15, 0.2) is 0 Å². The van der Waals surface area contributed by atoms with Crippen LogP contribution in [0.15, 0.2) is 71.6 Å². The highest BCUT2D eigenvalue weighted by molar-refractivity contribution is 7.92. The van der Waals surface area contributed by atoms with Gasteiger partial charge in [-0.2, -0.15) is 0 Å². The maximum Gasteiger partial charge on any atom is 0.264 e. The molecule has 3 aromatic carbocycles. The van der Waals surface area contributed by atoms with Crippen LogP contribution in [0.1, 0.15) is 35.2 Å². The number of nitrogens with zero attached hydrogens (tertiary/aromatic N) is 1. The van der Waals surface area contributed by atoms with Crippen LogP contribution in [0.5, 0.6) is 0 Å². The van der Waals surface area contributed by atoms with E-state index < -0.39 is 28.3 Å². The number of rotatable bonds is 7. The number of carbonyl (C=O) groups is 1. The molecule has 0 aliphatic carbocycles. The molecule has 0 aliphatic heterocycles. The lowest BCUT2D eigenvalue weighted by atomic mass is 9.96. The zero-order valence-electron chi connectivity index (χ0n) is 18.6. The Labute approximate surface area is 188 Å². The molecule has 1 amide bonds. The summed E-state index contributed by atoms with van der Waals surface area (Å²) < 4.78 is 41.0. The van der Waals surface area contributed by atoms with Gasteiger partial charge < -0.3 is 5.32 Å². The largest absolute Gasteiger partial charge is 0.348 e. The van der Waals surface area contributed by atoms with Gasteiger partial charge in [0.25, 0.3) is 10.0 Å². The van der Waals surface area contributed by atoms with Crippen molar-refractivity contribution in [2.24, 2.45) is 0 Å². The van der Waals surface area contributed by atoms with Gasteiger partial charge in [-0.25, -0.2) is 12.8 Å². The molecule has 0 unspecified atom stereocenters. The number of anilines is 1. The Morgan fingerprint density at radius 3 is 2.16 bits per heavy atom. The Morgan fingerprint density at radius 1 is 0.938 bits per heavy atom. The topological polar surface area (TPSA) is 66.5 Å². The molecule has 0 spiro atoms. The Balaban J connectivity index is 1.88. The summed E-state index contributed by atoms with van der Waals surface area (Å²) in [4.78, 5) is 12.8. The van der Waals surface area contributed by atoms with E-state index in [9.17, 15) is 17.6 Å². The molecule has 3 rings (SSSR count). The second-order valence-electron chi connectivity index (χ2n) is 7.88. The lowest BCUT2D eigenvalue weighted by Gasteiger charge is -2.25. The fraction of sp³-hybridized carbons (Fsp3) is 0.240. The van der Waals surface area contributed by atoms with Gasteiger partial charge >= 0.3 is 0 Å². The molecule has 0 heterocycles. The van der Waals surface area contributed by atoms with Crippen LogP contribution in [0, 0.1) is 26.6 Å². The van der Waals surface area contributed by atoms with Crippen molar-refractivity contribution in [3.8, 4) is 0 Å². The Kier molecular flexibility index (Phi) is 6.99. The highest BCUT2D eigenvalue weighted by Gasteiger charge is 2.28. The van der Waals surface area contributed by atoms with Gasteiger partial charge in [0.05, 0.1) is 16.6 Å². The number of carbonyl (C=O) groups excluding carboxylic acids is 1. The monoisotopic (exact) mass is 454 g/mol. The lowest BCUT2D eigenvalue weighted by molar-refractivity contribution is -0.120. The number of amides is 1. The Morgan fingerprint density at radius 2 is 1.53 bits per heavy atom. The Bertz CT molecular complexity index is 1210. The van der Waals surface area contributed by atoms with Crippen LogP contribution in [0.3, 0.4) is 0 Å².